The van der Waals surface area contributed by atoms with E-state index in [0.717, 1.165) is 31.2 Å². The lowest BCUT2D eigenvalue weighted by atomic mass is 10.0. The minimum absolute atomic E-state index is 0.587. The highest BCUT2D eigenvalue weighted by molar-refractivity contribution is 5.64. The van der Waals surface area contributed by atoms with Gasteiger partial charge in [-0.3, -0.25) is 0 Å². The van der Waals surface area contributed by atoms with Crippen molar-refractivity contribution < 1.29 is 14.3 Å². The van der Waals surface area contributed by atoms with Crippen molar-refractivity contribution in [2.24, 2.45) is 0 Å². The highest BCUT2D eigenvalue weighted by atomic mass is 16.7. The van der Waals surface area contributed by atoms with Gasteiger partial charge in [0.2, 0.25) is 0 Å². The predicted molar refractivity (Wildman–Crippen MR) is 82.6 cm³/mol. The molecule has 0 saturated heterocycles. The molecule has 0 spiro atoms. The maximum Gasteiger partial charge on any atom is 0.513 e. The van der Waals surface area contributed by atoms with Gasteiger partial charge in [-0.05, 0) is 42.9 Å². The van der Waals surface area contributed by atoms with Gasteiger partial charge in [0.15, 0.2) is 0 Å². The minimum Gasteiger partial charge on any atom is -0.437 e. The molecular formula is C18H20O3. The molecule has 0 aliphatic rings. The van der Waals surface area contributed by atoms with E-state index in [4.69, 9.17) is 4.74 Å². The van der Waals surface area contributed by atoms with Crippen molar-refractivity contribution in [3.05, 3.63) is 65.7 Å². The Morgan fingerprint density at radius 1 is 0.905 bits per heavy atom. The van der Waals surface area contributed by atoms with Crippen molar-refractivity contribution in [2.75, 3.05) is 7.11 Å². The fraction of sp³-hybridized carbons (Fsp3) is 0.278. The topological polar surface area (TPSA) is 35.5 Å². The molecule has 0 aliphatic carbocycles. The second kappa shape index (κ2) is 8.10. The van der Waals surface area contributed by atoms with Crippen LogP contribution in [0.2, 0.25) is 0 Å². The summed E-state index contributed by atoms with van der Waals surface area (Å²) in [6.07, 6.45) is 3.44. The van der Waals surface area contributed by atoms with Gasteiger partial charge in [-0.1, -0.05) is 48.5 Å². The van der Waals surface area contributed by atoms with Gasteiger partial charge in [-0.25, -0.2) is 4.79 Å². The van der Waals surface area contributed by atoms with Crippen LogP contribution < -0.4 is 4.74 Å². The Hall–Kier alpha value is -2.29. The molecule has 0 aromatic heterocycles. The molecular weight excluding hydrogens is 264 g/mol. The lowest BCUT2D eigenvalue weighted by Gasteiger charge is -2.09. The van der Waals surface area contributed by atoms with E-state index >= 15 is 0 Å². The van der Waals surface area contributed by atoms with Gasteiger partial charge < -0.3 is 9.47 Å². The van der Waals surface area contributed by atoms with Gasteiger partial charge in [0, 0.05) is 0 Å². The van der Waals surface area contributed by atoms with Crippen LogP contribution in [-0.2, 0) is 17.6 Å². The molecule has 3 heteroatoms. The molecule has 21 heavy (non-hydrogen) atoms. The summed E-state index contributed by atoms with van der Waals surface area (Å²) in [5, 5.41) is 0. The Labute approximate surface area is 125 Å². The number of carbonyl (C=O) groups excluding carboxylic acids is 1. The molecule has 3 nitrogen and oxygen atoms in total. The summed E-state index contributed by atoms with van der Waals surface area (Å²) in [5.41, 5.74) is 2.40. The van der Waals surface area contributed by atoms with E-state index in [2.05, 4.69) is 29.0 Å². The smallest absolute Gasteiger partial charge is 0.437 e. The number of methoxy groups -OCH3 is 1. The second-order valence-corrected chi connectivity index (χ2v) is 4.86. The highest BCUT2D eigenvalue weighted by Gasteiger charge is 2.08. The van der Waals surface area contributed by atoms with E-state index in [9.17, 15) is 4.79 Å². The first-order chi connectivity index (χ1) is 10.3. The molecule has 0 heterocycles. The van der Waals surface area contributed by atoms with Crippen LogP contribution in [0.4, 0.5) is 4.79 Å². The normalized spacial score (nSPS) is 10.1. The molecule has 2 aromatic rings. The number of ether oxygens (including phenoxy) is 2. The molecule has 0 aliphatic heterocycles. The first-order valence-corrected chi connectivity index (χ1v) is 7.17. The van der Waals surface area contributed by atoms with Crippen LogP contribution in [0.15, 0.2) is 54.6 Å². The van der Waals surface area contributed by atoms with Crippen molar-refractivity contribution in [1.29, 1.82) is 0 Å². The summed E-state index contributed by atoms with van der Waals surface area (Å²) in [4.78, 5) is 11.2. The summed E-state index contributed by atoms with van der Waals surface area (Å²) in [5.74, 6) is 0.587. The molecule has 2 aromatic carbocycles. The molecule has 0 atom stereocenters. The van der Waals surface area contributed by atoms with E-state index in [1.807, 2.05) is 24.3 Å². The zero-order valence-corrected chi connectivity index (χ0v) is 12.2. The fourth-order valence-corrected chi connectivity index (χ4v) is 2.23. The Morgan fingerprint density at radius 2 is 1.57 bits per heavy atom. The van der Waals surface area contributed by atoms with E-state index in [1.165, 1.54) is 12.7 Å². The van der Waals surface area contributed by atoms with Crippen molar-refractivity contribution >= 4 is 6.16 Å². The maximum absolute atomic E-state index is 11.2. The molecule has 110 valence electrons. The molecule has 0 amide bonds. The van der Waals surface area contributed by atoms with Gasteiger partial charge in [-0.2, -0.15) is 0 Å². The molecule has 0 bridgehead atoms. The predicted octanol–water partition coefficient (Wildman–Crippen LogP) is 4.40. The lowest BCUT2D eigenvalue weighted by molar-refractivity contribution is 0.121. The van der Waals surface area contributed by atoms with E-state index in [-0.39, 0.29) is 0 Å². The average molecular weight is 284 g/mol. The Kier molecular flexibility index (Phi) is 5.83. The highest BCUT2D eigenvalue weighted by Crippen LogP contribution is 2.21. The standard InChI is InChI=1S/C18H20O3/c1-20-18(19)21-17-14-8-7-13-16(17)12-6-5-11-15-9-3-2-4-10-15/h2-4,7-10,13-14H,5-6,11-12H2,1H3. The molecule has 0 fully saturated rings. The Bertz CT molecular complexity index is 564. The van der Waals surface area contributed by atoms with Crippen LogP contribution in [0, 0.1) is 0 Å². The van der Waals surface area contributed by atoms with Crippen LogP contribution >= 0.6 is 0 Å². The van der Waals surface area contributed by atoms with E-state index in [1.54, 1.807) is 6.07 Å². The van der Waals surface area contributed by atoms with Crippen molar-refractivity contribution in [2.45, 2.75) is 25.7 Å². The van der Waals surface area contributed by atoms with Crippen molar-refractivity contribution in [3.63, 3.8) is 0 Å². The van der Waals surface area contributed by atoms with Crippen LogP contribution in [-0.4, -0.2) is 13.3 Å². The minimum atomic E-state index is -0.674. The zero-order valence-electron chi connectivity index (χ0n) is 12.2. The van der Waals surface area contributed by atoms with Crippen LogP contribution in [0.3, 0.4) is 0 Å². The first kappa shape index (κ1) is 15.1. The number of aryl methyl sites for hydroxylation is 2. The maximum atomic E-state index is 11.2. The van der Waals surface area contributed by atoms with Gasteiger partial charge in [0.1, 0.15) is 5.75 Å². The lowest BCUT2D eigenvalue weighted by Crippen LogP contribution is -2.08. The van der Waals surface area contributed by atoms with E-state index < -0.39 is 6.16 Å². The third-order valence-electron chi connectivity index (χ3n) is 3.34. The fourth-order valence-electron chi connectivity index (χ4n) is 2.23. The van der Waals surface area contributed by atoms with Crippen molar-refractivity contribution in [1.82, 2.24) is 0 Å². The second-order valence-electron chi connectivity index (χ2n) is 4.86. The summed E-state index contributed by atoms with van der Waals surface area (Å²) in [6.45, 7) is 0. The van der Waals surface area contributed by atoms with Crippen LogP contribution in [0.25, 0.3) is 0 Å². The van der Waals surface area contributed by atoms with Crippen LogP contribution in [0.5, 0.6) is 5.75 Å². The third-order valence-corrected chi connectivity index (χ3v) is 3.34. The molecule has 0 unspecified atom stereocenters. The number of rotatable bonds is 6. The van der Waals surface area contributed by atoms with Gasteiger partial charge in [-0.15, -0.1) is 0 Å². The Morgan fingerprint density at radius 3 is 2.33 bits per heavy atom. The number of hydrogen-bond acceptors (Lipinski definition) is 3. The van der Waals surface area contributed by atoms with Gasteiger partial charge in [0.25, 0.3) is 0 Å². The van der Waals surface area contributed by atoms with Crippen molar-refractivity contribution in [3.8, 4) is 5.75 Å². The first-order valence-electron chi connectivity index (χ1n) is 7.17. The number of hydrogen-bond donors (Lipinski definition) is 0. The SMILES string of the molecule is COC(=O)Oc1ccccc1CCCCc1ccccc1. The Balaban J connectivity index is 1.84. The van der Waals surface area contributed by atoms with Gasteiger partial charge in [0.05, 0.1) is 7.11 Å². The molecule has 0 N–H and O–H groups in total. The van der Waals surface area contributed by atoms with Crippen LogP contribution in [0.1, 0.15) is 24.0 Å². The number of carbonyl (C=O) groups is 1. The number of unbranched alkanes of at least 4 members (excludes halogenated alkanes) is 1. The molecule has 2 rings (SSSR count). The summed E-state index contributed by atoms with van der Waals surface area (Å²) < 4.78 is 9.68. The van der Waals surface area contributed by atoms with Gasteiger partial charge >= 0.3 is 6.16 Å². The third kappa shape index (κ3) is 4.95. The average Bonchev–Trinajstić information content (AvgIpc) is 2.54. The number of benzene rings is 2. The summed E-state index contributed by atoms with van der Waals surface area (Å²) in [6, 6.07) is 18.0. The molecule has 0 saturated carbocycles. The number of para-hydroxylation sites is 1. The zero-order chi connectivity index (χ0) is 14.9. The van der Waals surface area contributed by atoms with E-state index in [0.29, 0.717) is 5.75 Å². The largest absolute Gasteiger partial charge is 0.513 e. The quantitative estimate of drug-likeness (QED) is 0.448. The summed E-state index contributed by atoms with van der Waals surface area (Å²) >= 11 is 0. The monoisotopic (exact) mass is 284 g/mol. The molecule has 0 radical (unpaired) electrons. The summed E-state index contributed by atoms with van der Waals surface area (Å²) in [7, 11) is 1.31.